The van der Waals surface area contributed by atoms with E-state index in [1.807, 2.05) is 121 Å². The van der Waals surface area contributed by atoms with Gasteiger partial charge in [-0.25, -0.2) is 0 Å². The number of benzene rings is 4. The Morgan fingerprint density at radius 1 is 0.541 bits per heavy atom. The summed E-state index contributed by atoms with van der Waals surface area (Å²) in [6.45, 7) is 1.62. The molecule has 0 amide bonds. The van der Waals surface area contributed by atoms with Gasteiger partial charge in [0.05, 0.1) is 7.11 Å². The van der Waals surface area contributed by atoms with E-state index in [0.29, 0.717) is 0 Å². The zero-order chi connectivity index (χ0) is 26.2. The van der Waals surface area contributed by atoms with E-state index in [1.165, 1.54) is 0 Å². The molecule has 0 unspecified atom stereocenters. The van der Waals surface area contributed by atoms with Gasteiger partial charge >= 0.3 is 0 Å². The number of aliphatic imine (C=N–C) groups is 2. The molecule has 0 radical (unpaired) electrons. The van der Waals surface area contributed by atoms with Crippen LogP contribution in [0.2, 0.25) is 0 Å². The molecule has 0 fully saturated rings. The van der Waals surface area contributed by atoms with Gasteiger partial charge in [0.2, 0.25) is 0 Å². The lowest BCUT2D eigenvalue weighted by atomic mass is 10.2. The smallest absolute Gasteiger partial charge is 0.127 e. The van der Waals surface area contributed by atoms with Crippen molar-refractivity contribution < 1.29 is 9.84 Å². The number of para-hydroxylation sites is 2. The van der Waals surface area contributed by atoms with Gasteiger partial charge < -0.3 is 9.84 Å². The predicted molar refractivity (Wildman–Crippen MR) is 157 cm³/mol. The zero-order valence-electron chi connectivity index (χ0n) is 21.7. The second-order valence-electron chi connectivity index (χ2n) is 8.09. The molecule has 192 valence electrons. The average molecular weight is 495 g/mol. The molecule has 0 saturated heterocycles. The first-order valence-electron chi connectivity index (χ1n) is 12.7. The van der Waals surface area contributed by atoms with Crippen LogP contribution in [0.25, 0.3) is 0 Å². The summed E-state index contributed by atoms with van der Waals surface area (Å²) in [4.78, 5) is 8.84. The summed E-state index contributed by atoms with van der Waals surface area (Å²) >= 11 is 0. The van der Waals surface area contributed by atoms with Crippen LogP contribution in [0.5, 0.6) is 11.5 Å². The molecule has 0 atom stereocenters. The van der Waals surface area contributed by atoms with Crippen molar-refractivity contribution >= 4 is 12.4 Å². The van der Waals surface area contributed by atoms with Crippen molar-refractivity contribution in [1.82, 2.24) is 0 Å². The molecule has 37 heavy (non-hydrogen) atoms. The maximum atomic E-state index is 9.64. The molecule has 1 N–H and O–H groups in total. The van der Waals surface area contributed by atoms with Crippen molar-refractivity contribution in [3.63, 3.8) is 0 Å². The maximum absolute atomic E-state index is 9.64. The van der Waals surface area contributed by atoms with Gasteiger partial charge in [-0.2, -0.15) is 0 Å². The van der Waals surface area contributed by atoms with Gasteiger partial charge in [-0.3, -0.25) is 9.98 Å². The molecule has 4 rings (SSSR count). The fourth-order valence-corrected chi connectivity index (χ4v) is 3.23. The Bertz CT molecular complexity index is 1040. The first-order chi connectivity index (χ1) is 18.3. The van der Waals surface area contributed by atoms with Gasteiger partial charge in [-0.15, -0.1) is 0 Å². The Balaban J connectivity index is 0.000000323. The summed E-state index contributed by atoms with van der Waals surface area (Å²) in [6.07, 6.45) is 8.05. The van der Waals surface area contributed by atoms with Crippen LogP contribution in [-0.2, 0) is 0 Å². The fraction of sp³-hybridized carbons (Fsp3) is 0.212. The van der Waals surface area contributed by atoms with E-state index in [4.69, 9.17) is 4.74 Å². The highest BCUT2D eigenvalue weighted by Crippen LogP contribution is 2.15. The largest absolute Gasteiger partial charge is 0.507 e. The van der Waals surface area contributed by atoms with E-state index in [-0.39, 0.29) is 5.75 Å². The van der Waals surface area contributed by atoms with Crippen molar-refractivity contribution in [3.05, 3.63) is 132 Å². The third-order valence-corrected chi connectivity index (χ3v) is 5.19. The lowest BCUT2D eigenvalue weighted by Crippen LogP contribution is -1.91. The molecule has 4 heteroatoms. The Labute approximate surface area is 222 Å². The maximum Gasteiger partial charge on any atom is 0.127 e. The Kier molecular flexibility index (Phi) is 15.7. The van der Waals surface area contributed by atoms with Crippen LogP contribution in [0.3, 0.4) is 0 Å². The minimum absolute atomic E-state index is 0.277. The molecule has 0 bridgehead atoms. The minimum Gasteiger partial charge on any atom is -0.507 e. The minimum atomic E-state index is 0.277. The number of ether oxygens (including phenoxy) is 1. The number of hydrogen-bond donors (Lipinski definition) is 1. The molecule has 0 aliphatic carbocycles. The highest BCUT2D eigenvalue weighted by Gasteiger charge is 1.97. The van der Waals surface area contributed by atoms with E-state index >= 15 is 0 Å². The number of unbranched alkanes of at least 4 members (excludes halogenated alkanes) is 3. The summed E-state index contributed by atoms with van der Waals surface area (Å²) in [5.74, 6) is 1.13. The van der Waals surface area contributed by atoms with Crippen molar-refractivity contribution in [1.29, 1.82) is 0 Å². The first kappa shape index (κ1) is 29.1. The van der Waals surface area contributed by atoms with Gasteiger partial charge in [-0.05, 0) is 37.1 Å². The van der Waals surface area contributed by atoms with E-state index in [2.05, 4.69) is 9.98 Å². The number of rotatable bonds is 10. The molecular formula is C33H38N2O2. The number of phenols is 1. The number of methoxy groups -OCH3 is 1. The Morgan fingerprint density at radius 2 is 0.946 bits per heavy atom. The molecule has 0 aliphatic heterocycles. The summed E-state index contributed by atoms with van der Waals surface area (Å²) < 4.78 is 5.30. The van der Waals surface area contributed by atoms with Crippen molar-refractivity contribution in [2.24, 2.45) is 9.98 Å². The number of nitrogens with zero attached hydrogens (tertiary/aromatic N) is 2. The lowest BCUT2D eigenvalue weighted by molar-refractivity contribution is 0.414. The van der Waals surface area contributed by atoms with E-state index in [1.54, 1.807) is 19.4 Å². The van der Waals surface area contributed by atoms with Crippen LogP contribution in [-0.4, -0.2) is 37.7 Å². The van der Waals surface area contributed by atoms with Gasteiger partial charge in [0.1, 0.15) is 11.5 Å². The van der Waals surface area contributed by atoms with Crippen LogP contribution >= 0.6 is 0 Å². The summed E-state index contributed by atoms with van der Waals surface area (Å²) in [5, 5.41) is 9.64. The van der Waals surface area contributed by atoms with Crippen LogP contribution in [0.4, 0.5) is 0 Å². The topological polar surface area (TPSA) is 54.2 Å². The second-order valence-corrected chi connectivity index (χ2v) is 8.09. The quantitative estimate of drug-likeness (QED) is 0.180. The van der Waals surface area contributed by atoms with Crippen molar-refractivity contribution in [2.45, 2.75) is 25.7 Å². The fourth-order valence-electron chi connectivity index (χ4n) is 3.23. The molecule has 4 aromatic rings. The molecule has 0 spiro atoms. The highest BCUT2D eigenvalue weighted by atomic mass is 16.5. The molecule has 0 saturated carbocycles. The molecule has 0 aromatic heterocycles. The number of hydrogen-bond acceptors (Lipinski definition) is 4. The van der Waals surface area contributed by atoms with Crippen LogP contribution < -0.4 is 4.74 Å². The van der Waals surface area contributed by atoms with Gasteiger partial charge in [0.25, 0.3) is 0 Å². The molecular weight excluding hydrogens is 456 g/mol. The molecule has 4 aromatic carbocycles. The van der Waals surface area contributed by atoms with Crippen LogP contribution in [0.1, 0.15) is 36.8 Å². The van der Waals surface area contributed by atoms with Crippen LogP contribution in [0.15, 0.2) is 131 Å². The van der Waals surface area contributed by atoms with E-state index < -0.39 is 0 Å². The SMILES string of the molecule is COc1ccccc1C=NCCCCCCN=Cc1ccccc1O.c1ccccc1.c1ccccc1. The molecule has 0 aliphatic rings. The number of phenolic OH excluding ortho intramolecular Hbond substituents is 1. The average Bonchev–Trinajstić information content (AvgIpc) is 2.97. The zero-order valence-corrected chi connectivity index (χ0v) is 21.7. The highest BCUT2D eigenvalue weighted by molar-refractivity contribution is 5.83. The summed E-state index contributed by atoms with van der Waals surface area (Å²) in [7, 11) is 1.67. The van der Waals surface area contributed by atoms with Crippen LogP contribution in [0, 0.1) is 0 Å². The normalized spacial score (nSPS) is 10.3. The second kappa shape index (κ2) is 20.1. The monoisotopic (exact) mass is 494 g/mol. The molecule has 0 heterocycles. The molecule has 4 nitrogen and oxygen atoms in total. The lowest BCUT2D eigenvalue weighted by Gasteiger charge is -2.02. The van der Waals surface area contributed by atoms with Gasteiger partial charge in [0.15, 0.2) is 0 Å². The summed E-state index contributed by atoms with van der Waals surface area (Å²) in [6, 6.07) is 39.1. The van der Waals surface area contributed by atoms with Gasteiger partial charge in [0, 0.05) is 36.6 Å². The first-order valence-corrected chi connectivity index (χ1v) is 12.7. The third-order valence-electron chi connectivity index (χ3n) is 5.19. The van der Waals surface area contributed by atoms with Crippen molar-refractivity contribution in [3.8, 4) is 11.5 Å². The Morgan fingerprint density at radius 3 is 1.41 bits per heavy atom. The van der Waals surface area contributed by atoms with Crippen molar-refractivity contribution in [2.75, 3.05) is 20.2 Å². The van der Waals surface area contributed by atoms with E-state index in [9.17, 15) is 5.11 Å². The van der Waals surface area contributed by atoms with Gasteiger partial charge in [-0.1, -0.05) is 110 Å². The standard InChI is InChI=1S/C21H26N2O2.2C6H6/c1-25-21-13-7-5-11-19(21)17-23-15-9-3-2-8-14-22-16-18-10-4-6-12-20(18)24;2*1-2-4-6-5-3-1/h4-7,10-13,16-17,24H,2-3,8-9,14-15H2,1H3;2*1-6H. The third kappa shape index (κ3) is 14.1. The summed E-state index contributed by atoms with van der Waals surface area (Å²) in [5.41, 5.74) is 1.79. The Hall–Kier alpha value is -4.18. The predicted octanol–water partition coefficient (Wildman–Crippen LogP) is 7.87. The number of aromatic hydroxyl groups is 1. The van der Waals surface area contributed by atoms with E-state index in [0.717, 1.165) is 55.6 Å².